The van der Waals surface area contributed by atoms with Crippen molar-refractivity contribution in [3.63, 3.8) is 0 Å². The van der Waals surface area contributed by atoms with E-state index in [1.807, 2.05) is 5.48 Å². The Kier molecular flexibility index (Phi) is 22.6. The second kappa shape index (κ2) is 29.1. The van der Waals surface area contributed by atoms with Gasteiger partial charge in [0.2, 0.25) is 0 Å². The lowest BCUT2D eigenvalue weighted by Crippen LogP contribution is -2.33. The number of anilines is 4. The number of aromatic carboxylic acids is 1. The third kappa shape index (κ3) is 16.3. The molecule has 0 atom stereocenters. The standard InChI is InChI=1S/C56H58F8N8O12S2/c1-9-81-50(75)43-38(26-70(6)7)46(86-48(43)71(53(78)82-10-2)27-35-39(55(59,60)61)13-12-14-40(35)57)31-17-22-34(23-18-31)66-52(77)68-84-29-32-19-24-41(58)36(44(32)56(62,63)64)28-72(54(79)83-11-3)47-42(49(73)74)37(25-69(4)5)45(85-47)30-15-20-33(21-16-30)65-51(76)67-80-8/h12-24H,9-11,25-29H2,1-8H3,(H,73,74)(H2,65,67,76)(H2,66,68,77). The van der Waals surface area contributed by atoms with Crippen molar-refractivity contribution in [1.82, 2.24) is 20.8 Å². The second-order valence-corrected chi connectivity index (χ2v) is 20.8. The lowest BCUT2D eigenvalue weighted by molar-refractivity contribution is -0.140. The van der Waals surface area contributed by atoms with Gasteiger partial charge >= 0.3 is 48.5 Å². The number of esters is 1. The third-order valence-corrected chi connectivity index (χ3v) is 14.8. The molecule has 0 bridgehead atoms. The molecule has 6 rings (SSSR count). The predicted molar refractivity (Wildman–Crippen MR) is 303 cm³/mol. The van der Waals surface area contributed by atoms with E-state index in [9.17, 15) is 47.0 Å². The summed E-state index contributed by atoms with van der Waals surface area (Å²) in [5.74, 6) is -5.27. The highest BCUT2D eigenvalue weighted by atomic mass is 32.1. The summed E-state index contributed by atoms with van der Waals surface area (Å²) < 4.78 is 136. The predicted octanol–water partition coefficient (Wildman–Crippen LogP) is 12.7. The minimum Gasteiger partial charge on any atom is -0.478 e. The van der Waals surface area contributed by atoms with Gasteiger partial charge in [-0.05, 0) is 108 Å². The summed E-state index contributed by atoms with van der Waals surface area (Å²) in [4.78, 5) is 94.7. The van der Waals surface area contributed by atoms with Crippen molar-refractivity contribution in [3.8, 4) is 20.9 Å². The molecule has 0 aliphatic carbocycles. The van der Waals surface area contributed by atoms with E-state index in [2.05, 4.69) is 21.0 Å². The number of urea groups is 2. The van der Waals surface area contributed by atoms with E-state index in [1.165, 1.54) is 76.4 Å². The van der Waals surface area contributed by atoms with E-state index in [0.29, 0.717) is 50.1 Å². The summed E-state index contributed by atoms with van der Waals surface area (Å²) in [5.41, 5.74) is -0.945. The van der Waals surface area contributed by atoms with E-state index >= 15 is 22.0 Å². The quantitative estimate of drug-likeness (QED) is 0.0174. The number of alkyl halides is 6. The molecule has 6 amide bonds. The molecular formula is C56H58F8N8O12S2. The van der Waals surface area contributed by atoms with Gasteiger partial charge in [-0.1, -0.05) is 36.4 Å². The SMILES string of the molecule is CCOC(=O)c1c(N(Cc2c(F)cccc2C(F)(F)F)C(=O)OCC)sc(-c2ccc(NC(=O)NOCc3ccc(F)c(CN(C(=O)OCC)c4sc(-c5ccc(NC(=O)NOC)cc5)c(CN(C)C)c4C(=O)O)c3C(F)(F)F)cc2)c1CN(C)C. The maximum absolute atomic E-state index is 16.0. The number of carbonyl (C=O) groups excluding carboxylic acids is 5. The molecule has 0 saturated carbocycles. The van der Waals surface area contributed by atoms with Crippen molar-refractivity contribution in [2.75, 3.05) is 75.6 Å². The Balaban J connectivity index is 1.30. The van der Waals surface area contributed by atoms with Crippen molar-refractivity contribution in [2.45, 2.75) is 65.9 Å². The van der Waals surface area contributed by atoms with Crippen molar-refractivity contribution < 1.29 is 92.9 Å². The van der Waals surface area contributed by atoms with Gasteiger partial charge in [0, 0.05) is 56.5 Å². The summed E-state index contributed by atoms with van der Waals surface area (Å²) in [6.07, 6.45) is -12.9. The van der Waals surface area contributed by atoms with Gasteiger partial charge in [0.15, 0.2) is 0 Å². The molecule has 6 aromatic rings. The first-order valence-corrected chi connectivity index (χ1v) is 27.4. The van der Waals surface area contributed by atoms with Crippen LogP contribution < -0.4 is 31.4 Å². The summed E-state index contributed by atoms with van der Waals surface area (Å²) in [6.45, 7) is 0.250. The van der Waals surface area contributed by atoms with Gasteiger partial charge in [-0.15, -0.1) is 22.7 Å². The summed E-state index contributed by atoms with van der Waals surface area (Å²) in [6, 6.07) is 13.6. The minimum atomic E-state index is -5.36. The van der Waals surface area contributed by atoms with E-state index < -0.39 is 118 Å². The molecule has 2 aromatic heterocycles. The van der Waals surface area contributed by atoms with Gasteiger partial charge in [0.1, 0.15) is 28.2 Å². The molecule has 86 heavy (non-hydrogen) atoms. The van der Waals surface area contributed by atoms with Crippen LogP contribution in [0.4, 0.5) is 75.7 Å². The summed E-state index contributed by atoms with van der Waals surface area (Å²) >= 11 is 1.50. The zero-order valence-electron chi connectivity index (χ0n) is 47.2. The van der Waals surface area contributed by atoms with Crippen LogP contribution in [0.1, 0.15) is 80.4 Å². The lowest BCUT2D eigenvalue weighted by atomic mass is 9.99. The molecule has 0 unspecified atom stereocenters. The first-order chi connectivity index (χ1) is 40.6. The summed E-state index contributed by atoms with van der Waals surface area (Å²) in [7, 11) is 7.78. The van der Waals surface area contributed by atoms with Crippen LogP contribution in [-0.2, 0) is 69.0 Å². The number of nitrogens with zero attached hydrogens (tertiary/aromatic N) is 4. The van der Waals surface area contributed by atoms with Gasteiger partial charge in [-0.25, -0.2) is 48.5 Å². The van der Waals surface area contributed by atoms with E-state index in [1.54, 1.807) is 38.0 Å². The molecular weight excluding hydrogens is 1190 g/mol. The molecule has 0 spiro atoms. The van der Waals surface area contributed by atoms with Gasteiger partial charge in [-0.3, -0.25) is 19.5 Å². The highest BCUT2D eigenvalue weighted by Crippen LogP contribution is 2.47. The number of halogens is 8. The van der Waals surface area contributed by atoms with Gasteiger partial charge < -0.3 is 39.8 Å². The number of nitrogens with one attached hydrogen (secondary N) is 4. The van der Waals surface area contributed by atoms with Gasteiger partial charge in [-0.2, -0.15) is 26.3 Å². The molecule has 0 radical (unpaired) electrons. The Labute approximate surface area is 495 Å². The van der Waals surface area contributed by atoms with E-state index in [0.717, 1.165) is 34.4 Å². The Bertz CT molecular complexity index is 3430. The fourth-order valence-electron chi connectivity index (χ4n) is 8.76. The zero-order chi connectivity index (χ0) is 63.4. The van der Waals surface area contributed by atoms with Crippen LogP contribution in [0.2, 0.25) is 0 Å². The Morgan fingerprint density at radius 3 is 1.48 bits per heavy atom. The van der Waals surface area contributed by atoms with Crippen LogP contribution in [0.15, 0.2) is 78.9 Å². The van der Waals surface area contributed by atoms with E-state index in [4.69, 9.17) is 19.0 Å². The van der Waals surface area contributed by atoms with Gasteiger partial charge in [0.05, 0.1) is 62.3 Å². The topological polar surface area (TPSA) is 230 Å². The molecule has 462 valence electrons. The Hall–Kier alpha value is -8.42. The number of thiophene rings is 2. The Morgan fingerprint density at radius 2 is 1.02 bits per heavy atom. The maximum atomic E-state index is 16.0. The minimum absolute atomic E-state index is 0.00646. The first-order valence-electron chi connectivity index (χ1n) is 25.7. The number of ether oxygens (including phenoxy) is 3. The number of carbonyl (C=O) groups is 6. The highest BCUT2D eigenvalue weighted by molar-refractivity contribution is 7.20. The lowest BCUT2D eigenvalue weighted by Gasteiger charge is -2.25. The van der Waals surface area contributed by atoms with Crippen molar-refractivity contribution in [1.29, 1.82) is 0 Å². The number of carboxylic acids is 1. The van der Waals surface area contributed by atoms with Crippen LogP contribution in [0.25, 0.3) is 20.9 Å². The highest BCUT2D eigenvalue weighted by Gasteiger charge is 2.41. The largest absolute Gasteiger partial charge is 0.478 e. The molecule has 5 N–H and O–H groups in total. The fourth-order valence-corrected chi connectivity index (χ4v) is 11.3. The number of hydrogen-bond acceptors (Lipinski definition) is 15. The van der Waals surface area contributed by atoms with Crippen molar-refractivity contribution in [2.24, 2.45) is 0 Å². The van der Waals surface area contributed by atoms with Crippen LogP contribution in [0, 0.1) is 11.6 Å². The Morgan fingerprint density at radius 1 is 0.558 bits per heavy atom. The van der Waals surface area contributed by atoms with Crippen LogP contribution in [0.3, 0.4) is 0 Å². The van der Waals surface area contributed by atoms with Crippen molar-refractivity contribution in [3.05, 3.63) is 141 Å². The van der Waals surface area contributed by atoms with Crippen LogP contribution in [-0.4, -0.2) is 106 Å². The summed E-state index contributed by atoms with van der Waals surface area (Å²) in [5, 5.41) is 15.0. The number of hydrogen-bond donors (Lipinski definition) is 5. The van der Waals surface area contributed by atoms with E-state index in [-0.39, 0.29) is 65.2 Å². The number of hydroxylamine groups is 2. The molecule has 0 saturated heterocycles. The number of carboxylic acid groups (broad SMARTS) is 1. The monoisotopic (exact) mass is 1250 g/mol. The molecule has 30 heteroatoms. The number of amides is 6. The number of rotatable bonds is 23. The molecule has 2 heterocycles. The molecule has 0 fully saturated rings. The molecule has 0 aliphatic heterocycles. The van der Waals surface area contributed by atoms with Gasteiger partial charge in [0.25, 0.3) is 0 Å². The third-order valence-electron chi connectivity index (χ3n) is 12.2. The van der Waals surface area contributed by atoms with Crippen LogP contribution in [0.5, 0.6) is 0 Å². The van der Waals surface area contributed by atoms with Crippen molar-refractivity contribution >= 4 is 80.2 Å². The molecule has 0 aliphatic rings. The molecule has 4 aromatic carbocycles. The van der Waals surface area contributed by atoms with Crippen LogP contribution >= 0.6 is 22.7 Å². The second-order valence-electron chi connectivity index (χ2n) is 18.8. The average Bonchev–Trinajstić information content (AvgIpc) is 1.59. The maximum Gasteiger partial charge on any atom is 0.417 e. The molecule has 20 nitrogen and oxygen atoms in total. The zero-order valence-corrected chi connectivity index (χ0v) is 48.9. The first kappa shape index (κ1) is 66.7. The number of benzene rings is 4. The fraction of sp³-hybridized carbons (Fsp3) is 0.321. The smallest absolute Gasteiger partial charge is 0.417 e. The normalized spacial score (nSPS) is 11.6. The average molecular weight is 1250 g/mol.